The van der Waals surface area contributed by atoms with Crippen molar-refractivity contribution in [2.45, 2.75) is 32.8 Å². The molecule has 0 radical (unpaired) electrons. The minimum atomic E-state index is 0.445. The lowest BCUT2D eigenvalue weighted by molar-refractivity contribution is -0.0184. The van der Waals surface area contributed by atoms with Crippen molar-refractivity contribution in [3.63, 3.8) is 0 Å². The van der Waals surface area contributed by atoms with Crippen molar-refractivity contribution in [2.24, 2.45) is 0 Å². The standard InChI is InChI=1S/C9H19NO/c1-3-4-5-10-6-7-11-9(2)8-10/h9H,3-8H2,1-2H3/t9-/m1/s1. The Labute approximate surface area is 69.5 Å². The molecule has 2 nitrogen and oxygen atoms in total. The largest absolute Gasteiger partial charge is 0.376 e. The van der Waals surface area contributed by atoms with Crippen molar-refractivity contribution in [3.05, 3.63) is 0 Å². The highest BCUT2D eigenvalue weighted by Gasteiger charge is 2.14. The summed E-state index contributed by atoms with van der Waals surface area (Å²) in [6.07, 6.45) is 3.07. The summed E-state index contributed by atoms with van der Waals surface area (Å²) in [5, 5.41) is 0. The first kappa shape index (κ1) is 9.01. The summed E-state index contributed by atoms with van der Waals surface area (Å²) in [5.41, 5.74) is 0. The Balaban J connectivity index is 2.12. The van der Waals surface area contributed by atoms with Crippen LogP contribution >= 0.6 is 0 Å². The Bertz CT molecular complexity index is 106. The molecule has 2 heteroatoms. The molecule has 1 aliphatic heterocycles. The highest BCUT2D eigenvalue weighted by atomic mass is 16.5. The van der Waals surface area contributed by atoms with E-state index in [1.165, 1.54) is 19.4 Å². The zero-order valence-electron chi connectivity index (χ0n) is 7.68. The van der Waals surface area contributed by atoms with Crippen LogP contribution in [0.25, 0.3) is 0 Å². The molecule has 1 atom stereocenters. The average molecular weight is 157 g/mol. The van der Waals surface area contributed by atoms with E-state index in [-0.39, 0.29) is 0 Å². The van der Waals surface area contributed by atoms with Crippen LogP contribution in [0.1, 0.15) is 26.7 Å². The lowest BCUT2D eigenvalue weighted by atomic mass is 10.2. The van der Waals surface area contributed by atoms with Gasteiger partial charge in [-0.15, -0.1) is 0 Å². The quantitative estimate of drug-likeness (QED) is 0.615. The fraction of sp³-hybridized carbons (Fsp3) is 1.00. The minimum absolute atomic E-state index is 0.445. The number of rotatable bonds is 3. The second-order valence-corrected chi connectivity index (χ2v) is 3.34. The summed E-state index contributed by atoms with van der Waals surface area (Å²) < 4.78 is 5.45. The van der Waals surface area contributed by atoms with Crippen LogP contribution in [-0.2, 0) is 4.74 Å². The molecule has 0 aliphatic carbocycles. The van der Waals surface area contributed by atoms with Crippen molar-refractivity contribution in [1.29, 1.82) is 0 Å². The van der Waals surface area contributed by atoms with Crippen LogP contribution in [0, 0.1) is 0 Å². The average Bonchev–Trinajstić information content (AvgIpc) is 2.01. The third-order valence-corrected chi connectivity index (χ3v) is 2.15. The number of hydrogen-bond donors (Lipinski definition) is 0. The molecule has 0 N–H and O–H groups in total. The van der Waals surface area contributed by atoms with Gasteiger partial charge in [0.1, 0.15) is 0 Å². The predicted molar refractivity (Wildman–Crippen MR) is 46.8 cm³/mol. The third kappa shape index (κ3) is 3.21. The molecule has 0 aromatic carbocycles. The summed E-state index contributed by atoms with van der Waals surface area (Å²) in [4.78, 5) is 2.50. The van der Waals surface area contributed by atoms with Crippen molar-refractivity contribution in [2.75, 3.05) is 26.2 Å². The summed E-state index contributed by atoms with van der Waals surface area (Å²) in [6, 6.07) is 0. The second-order valence-electron chi connectivity index (χ2n) is 3.34. The van der Waals surface area contributed by atoms with Gasteiger partial charge in [0.05, 0.1) is 12.7 Å². The van der Waals surface area contributed by atoms with E-state index < -0.39 is 0 Å². The lowest BCUT2D eigenvalue weighted by Crippen LogP contribution is -2.41. The van der Waals surface area contributed by atoms with Crippen LogP contribution in [0.3, 0.4) is 0 Å². The first-order chi connectivity index (χ1) is 5.33. The Morgan fingerprint density at radius 3 is 3.00 bits per heavy atom. The highest BCUT2D eigenvalue weighted by molar-refractivity contribution is 4.67. The normalized spacial score (nSPS) is 27.3. The van der Waals surface area contributed by atoms with E-state index in [2.05, 4.69) is 18.7 Å². The molecule has 0 saturated carbocycles. The van der Waals surface area contributed by atoms with Gasteiger partial charge in [0, 0.05) is 13.1 Å². The summed E-state index contributed by atoms with van der Waals surface area (Å²) in [6.45, 7) is 8.82. The molecule has 0 aromatic rings. The maximum atomic E-state index is 5.45. The van der Waals surface area contributed by atoms with Crippen LogP contribution < -0.4 is 0 Å². The number of ether oxygens (including phenoxy) is 1. The van der Waals surface area contributed by atoms with Crippen LogP contribution in [0.5, 0.6) is 0 Å². The number of morpholine rings is 1. The van der Waals surface area contributed by atoms with Crippen LogP contribution in [-0.4, -0.2) is 37.2 Å². The molecule has 1 aliphatic rings. The number of unbranched alkanes of at least 4 members (excludes halogenated alkanes) is 1. The SMILES string of the molecule is CCCCN1CCO[C@H](C)C1. The number of nitrogens with zero attached hydrogens (tertiary/aromatic N) is 1. The Hall–Kier alpha value is -0.0800. The van der Waals surface area contributed by atoms with Gasteiger partial charge in [-0.05, 0) is 19.9 Å². The fourth-order valence-electron chi connectivity index (χ4n) is 1.48. The van der Waals surface area contributed by atoms with E-state index >= 15 is 0 Å². The molecule has 1 heterocycles. The third-order valence-electron chi connectivity index (χ3n) is 2.15. The second kappa shape index (κ2) is 4.73. The smallest absolute Gasteiger partial charge is 0.0674 e. The van der Waals surface area contributed by atoms with Crippen LogP contribution in [0.4, 0.5) is 0 Å². The van der Waals surface area contributed by atoms with Gasteiger partial charge in [-0.25, -0.2) is 0 Å². The first-order valence-electron chi connectivity index (χ1n) is 4.67. The Kier molecular flexibility index (Phi) is 3.87. The minimum Gasteiger partial charge on any atom is -0.376 e. The van der Waals surface area contributed by atoms with Gasteiger partial charge in [-0.3, -0.25) is 4.90 Å². The van der Waals surface area contributed by atoms with E-state index in [0.29, 0.717) is 6.10 Å². The van der Waals surface area contributed by atoms with Gasteiger partial charge in [0.2, 0.25) is 0 Å². The molecule has 0 aromatic heterocycles. The maximum Gasteiger partial charge on any atom is 0.0674 e. The molecular weight excluding hydrogens is 138 g/mol. The zero-order valence-corrected chi connectivity index (χ0v) is 7.68. The summed E-state index contributed by atoms with van der Waals surface area (Å²) >= 11 is 0. The molecule has 66 valence electrons. The number of hydrogen-bond acceptors (Lipinski definition) is 2. The summed E-state index contributed by atoms with van der Waals surface area (Å²) in [7, 11) is 0. The van der Waals surface area contributed by atoms with Gasteiger partial charge in [-0.1, -0.05) is 13.3 Å². The molecule has 11 heavy (non-hydrogen) atoms. The highest BCUT2D eigenvalue weighted by Crippen LogP contribution is 2.04. The first-order valence-corrected chi connectivity index (χ1v) is 4.67. The van der Waals surface area contributed by atoms with Gasteiger partial charge in [0.25, 0.3) is 0 Å². The van der Waals surface area contributed by atoms with E-state index in [9.17, 15) is 0 Å². The lowest BCUT2D eigenvalue weighted by Gasteiger charge is -2.30. The van der Waals surface area contributed by atoms with Crippen molar-refractivity contribution < 1.29 is 4.74 Å². The topological polar surface area (TPSA) is 12.5 Å². The molecule has 0 bridgehead atoms. The fourth-order valence-corrected chi connectivity index (χ4v) is 1.48. The van der Waals surface area contributed by atoms with Gasteiger partial charge >= 0.3 is 0 Å². The zero-order chi connectivity index (χ0) is 8.10. The molecule has 1 rings (SSSR count). The monoisotopic (exact) mass is 157 g/mol. The summed E-state index contributed by atoms with van der Waals surface area (Å²) in [5.74, 6) is 0. The van der Waals surface area contributed by atoms with Crippen molar-refractivity contribution >= 4 is 0 Å². The van der Waals surface area contributed by atoms with E-state index in [4.69, 9.17) is 4.74 Å². The van der Waals surface area contributed by atoms with Crippen LogP contribution in [0.2, 0.25) is 0 Å². The molecule has 0 amide bonds. The maximum absolute atomic E-state index is 5.45. The van der Waals surface area contributed by atoms with Gasteiger partial charge in [0.15, 0.2) is 0 Å². The molecular formula is C9H19NO. The van der Waals surface area contributed by atoms with Gasteiger partial charge < -0.3 is 4.74 Å². The predicted octanol–water partition coefficient (Wildman–Crippen LogP) is 1.51. The van der Waals surface area contributed by atoms with E-state index in [1.54, 1.807) is 0 Å². The molecule has 1 fully saturated rings. The van der Waals surface area contributed by atoms with E-state index in [0.717, 1.165) is 19.7 Å². The van der Waals surface area contributed by atoms with E-state index in [1.807, 2.05) is 0 Å². The molecule has 0 spiro atoms. The Morgan fingerprint density at radius 1 is 1.55 bits per heavy atom. The van der Waals surface area contributed by atoms with Crippen LogP contribution in [0.15, 0.2) is 0 Å². The van der Waals surface area contributed by atoms with Crippen molar-refractivity contribution in [1.82, 2.24) is 4.90 Å². The van der Waals surface area contributed by atoms with Crippen molar-refractivity contribution in [3.8, 4) is 0 Å². The van der Waals surface area contributed by atoms with Gasteiger partial charge in [-0.2, -0.15) is 0 Å². The Morgan fingerprint density at radius 2 is 2.36 bits per heavy atom. The molecule has 1 saturated heterocycles. The molecule has 0 unspecified atom stereocenters.